The molecule has 12 heavy (non-hydrogen) atoms. The van der Waals surface area contributed by atoms with Crippen LogP contribution in [0.15, 0.2) is 12.3 Å². The second-order valence-corrected chi connectivity index (χ2v) is 1.99. The molecule has 0 atom stereocenters. The van der Waals surface area contributed by atoms with E-state index in [0.717, 1.165) is 7.11 Å². The zero-order chi connectivity index (χ0) is 9.56. The smallest absolute Gasteiger partial charge is 0.481 e. The van der Waals surface area contributed by atoms with Gasteiger partial charge in [-0.15, -0.1) is 0 Å². The molecular formula is C7H10O5. The van der Waals surface area contributed by atoms with Gasteiger partial charge in [0.15, 0.2) is 0 Å². The number of aliphatic carboxylic acids is 1. The van der Waals surface area contributed by atoms with Gasteiger partial charge < -0.3 is 14.6 Å². The van der Waals surface area contributed by atoms with E-state index in [0.29, 0.717) is 0 Å². The minimum Gasteiger partial charge on any atom is -0.481 e. The van der Waals surface area contributed by atoms with Crippen molar-refractivity contribution in [1.82, 2.24) is 0 Å². The molecular weight excluding hydrogens is 164 g/mol. The quantitative estimate of drug-likeness (QED) is 0.511. The van der Waals surface area contributed by atoms with Crippen LogP contribution in [0.2, 0.25) is 0 Å². The Hall–Kier alpha value is -1.52. The second-order valence-electron chi connectivity index (χ2n) is 1.99. The molecule has 68 valence electrons. The Balaban J connectivity index is 3.60. The molecule has 0 spiro atoms. The number of hydrogen-bond donors (Lipinski definition) is 1. The average molecular weight is 174 g/mol. The molecule has 0 aliphatic carbocycles. The van der Waals surface area contributed by atoms with Crippen molar-refractivity contribution < 1.29 is 24.2 Å². The Kier molecular flexibility index (Phi) is 4.52. The zero-order valence-corrected chi connectivity index (χ0v) is 6.70. The summed E-state index contributed by atoms with van der Waals surface area (Å²) in [5.41, 5.74) is 0. The Bertz CT molecular complexity index is 196. The molecule has 0 saturated carbocycles. The average Bonchev–Trinajstić information content (AvgIpc) is 2.00. The van der Waals surface area contributed by atoms with E-state index in [4.69, 9.17) is 5.11 Å². The van der Waals surface area contributed by atoms with Gasteiger partial charge >= 0.3 is 12.1 Å². The van der Waals surface area contributed by atoms with Gasteiger partial charge in [0.25, 0.3) is 0 Å². The highest BCUT2D eigenvalue weighted by atomic mass is 16.7. The molecule has 0 amide bonds. The van der Waals surface area contributed by atoms with Crippen LogP contribution in [0.1, 0.15) is 12.8 Å². The lowest BCUT2D eigenvalue weighted by Gasteiger charge is -2.03. The molecule has 5 heteroatoms. The molecule has 0 heterocycles. The van der Waals surface area contributed by atoms with Crippen molar-refractivity contribution in [1.29, 1.82) is 0 Å². The first-order valence-electron chi connectivity index (χ1n) is 3.21. The molecule has 0 unspecified atom stereocenters. The summed E-state index contributed by atoms with van der Waals surface area (Å²) in [4.78, 5) is 20.5. The predicted octanol–water partition coefficient (Wildman–Crippen LogP) is 1.15. The first kappa shape index (κ1) is 10.5. The summed E-state index contributed by atoms with van der Waals surface area (Å²) in [6.07, 6.45) is -0.898. The first-order chi connectivity index (χ1) is 5.56. The number of allylic oxidation sites excluding steroid dienone is 1. The van der Waals surface area contributed by atoms with Gasteiger partial charge in [0.1, 0.15) is 5.76 Å². The monoisotopic (exact) mass is 174 g/mol. The van der Waals surface area contributed by atoms with E-state index in [9.17, 15) is 9.59 Å². The van der Waals surface area contributed by atoms with Crippen LogP contribution in [0.4, 0.5) is 4.79 Å². The Morgan fingerprint density at radius 1 is 1.42 bits per heavy atom. The highest BCUT2D eigenvalue weighted by molar-refractivity contribution is 5.67. The van der Waals surface area contributed by atoms with Crippen LogP contribution in [-0.4, -0.2) is 24.3 Å². The van der Waals surface area contributed by atoms with Gasteiger partial charge in [0.05, 0.1) is 13.5 Å². The molecule has 0 aliphatic rings. The Morgan fingerprint density at radius 3 is 2.42 bits per heavy atom. The van der Waals surface area contributed by atoms with Crippen molar-refractivity contribution in [2.24, 2.45) is 0 Å². The molecule has 0 saturated heterocycles. The van der Waals surface area contributed by atoms with Crippen molar-refractivity contribution in [3.63, 3.8) is 0 Å². The summed E-state index contributed by atoms with van der Waals surface area (Å²) in [5, 5.41) is 8.24. The van der Waals surface area contributed by atoms with Crippen molar-refractivity contribution in [2.45, 2.75) is 12.8 Å². The SMILES string of the molecule is C=C(CCC(=O)O)OC(=O)OC. The fourth-order valence-electron chi connectivity index (χ4n) is 0.457. The van der Waals surface area contributed by atoms with E-state index in [1.165, 1.54) is 0 Å². The van der Waals surface area contributed by atoms with Gasteiger partial charge in [-0.1, -0.05) is 6.58 Å². The summed E-state index contributed by atoms with van der Waals surface area (Å²) < 4.78 is 8.59. The van der Waals surface area contributed by atoms with Crippen LogP contribution in [-0.2, 0) is 14.3 Å². The third-order valence-electron chi connectivity index (χ3n) is 1.01. The maximum atomic E-state index is 10.4. The zero-order valence-electron chi connectivity index (χ0n) is 6.70. The summed E-state index contributed by atoms with van der Waals surface area (Å²) in [6, 6.07) is 0. The van der Waals surface area contributed by atoms with Crippen molar-refractivity contribution in [3.05, 3.63) is 12.3 Å². The molecule has 5 nitrogen and oxygen atoms in total. The summed E-state index contributed by atoms with van der Waals surface area (Å²) in [6.45, 7) is 3.33. The minimum atomic E-state index is -0.968. The van der Waals surface area contributed by atoms with Crippen molar-refractivity contribution in [3.8, 4) is 0 Å². The number of carboxylic acids is 1. The lowest BCUT2D eigenvalue weighted by molar-refractivity contribution is -0.137. The molecule has 0 aromatic heterocycles. The molecule has 0 aromatic rings. The van der Waals surface area contributed by atoms with Crippen LogP contribution in [0, 0.1) is 0 Å². The summed E-state index contributed by atoms with van der Waals surface area (Å²) in [7, 11) is 1.16. The van der Waals surface area contributed by atoms with Gasteiger partial charge in [-0.25, -0.2) is 4.79 Å². The number of methoxy groups -OCH3 is 1. The van der Waals surface area contributed by atoms with Gasteiger partial charge in [0.2, 0.25) is 0 Å². The summed E-state index contributed by atoms with van der Waals surface area (Å²) >= 11 is 0. The first-order valence-corrected chi connectivity index (χ1v) is 3.21. The summed E-state index contributed by atoms with van der Waals surface area (Å²) in [5.74, 6) is -0.881. The second kappa shape index (κ2) is 5.17. The van der Waals surface area contributed by atoms with Crippen molar-refractivity contribution in [2.75, 3.05) is 7.11 Å². The number of rotatable bonds is 4. The number of hydrogen-bond acceptors (Lipinski definition) is 4. The van der Waals surface area contributed by atoms with Gasteiger partial charge in [0, 0.05) is 6.42 Å². The van der Waals surface area contributed by atoms with Crippen LogP contribution in [0.5, 0.6) is 0 Å². The van der Waals surface area contributed by atoms with Gasteiger partial charge in [-0.3, -0.25) is 4.79 Å². The predicted molar refractivity (Wildman–Crippen MR) is 39.5 cm³/mol. The van der Waals surface area contributed by atoms with E-state index >= 15 is 0 Å². The molecule has 0 aliphatic heterocycles. The number of carbonyl (C=O) groups is 2. The highest BCUT2D eigenvalue weighted by Crippen LogP contribution is 2.04. The van der Waals surface area contributed by atoms with E-state index < -0.39 is 12.1 Å². The molecule has 0 aromatic carbocycles. The number of carboxylic acid groups (broad SMARTS) is 1. The maximum absolute atomic E-state index is 10.4. The van der Waals surface area contributed by atoms with Crippen LogP contribution < -0.4 is 0 Å². The minimum absolute atomic E-state index is 0.0873. The lowest BCUT2D eigenvalue weighted by Crippen LogP contribution is -2.04. The standard InChI is InChI=1S/C7H10O5/c1-5(3-4-6(8)9)12-7(10)11-2/h1,3-4H2,2H3,(H,8,9). The van der Waals surface area contributed by atoms with E-state index in [-0.39, 0.29) is 18.6 Å². The topological polar surface area (TPSA) is 72.8 Å². The maximum Gasteiger partial charge on any atom is 0.513 e. The van der Waals surface area contributed by atoms with Crippen LogP contribution >= 0.6 is 0 Å². The van der Waals surface area contributed by atoms with E-state index in [2.05, 4.69) is 16.1 Å². The fraction of sp³-hybridized carbons (Fsp3) is 0.429. The van der Waals surface area contributed by atoms with Gasteiger partial charge in [-0.05, 0) is 0 Å². The number of carbonyl (C=O) groups excluding carboxylic acids is 1. The van der Waals surface area contributed by atoms with Gasteiger partial charge in [-0.2, -0.15) is 0 Å². The highest BCUT2D eigenvalue weighted by Gasteiger charge is 2.06. The Morgan fingerprint density at radius 2 is 2.00 bits per heavy atom. The van der Waals surface area contributed by atoms with Crippen molar-refractivity contribution >= 4 is 12.1 Å². The van der Waals surface area contributed by atoms with E-state index in [1.807, 2.05) is 0 Å². The number of ether oxygens (including phenoxy) is 2. The fourth-order valence-corrected chi connectivity index (χ4v) is 0.457. The van der Waals surface area contributed by atoms with Crippen LogP contribution in [0.3, 0.4) is 0 Å². The van der Waals surface area contributed by atoms with E-state index in [1.54, 1.807) is 0 Å². The third kappa shape index (κ3) is 5.28. The molecule has 0 bridgehead atoms. The lowest BCUT2D eigenvalue weighted by atomic mass is 10.3. The normalized spacial score (nSPS) is 8.75. The molecule has 0 fully saturated rings. The Labute approximate surface area is 69.6 Å². The molecule has 1 N–H and O–H groups in total. The van der Waals surface area contributed by atoms with Crippen LogP contribution in [0.25, 0.3) is 0 Å². The molecule has 0 rings (SSSR count). The largest absolute Gasteiger partial charge is 0.513 e. The third-order valence-corrected chi connectivity index (χ3v) is 1.01. The molecule has 0 radical (unpaired) electrons.